The van der Waals surface area contributed by atoms with Gasteiger partial charge in [-0.05, 0) is 6.92 Å². The topological polar surface area (TPSA) is 66.2 Å². The van der Waals surface area contributed by atoms with E-state index in [1.54, 1.807) is 0 Å². The lowest BCUT2D eigenvalue weighted by atomic mass is 10.4. The quantitative estimate of drug-likeness (QED) is 0.501. The first-order chi connectivity index (χ1) is 4.22. The minimum absolute atomic E-state index is 0.199. The summed E-state index contributed by atoms with van der Waals surface area (Å²) in [6.07, 6.45) is 1.07. The van der Waals surface area contributed by atoms with Crippen molar-refractivity contribution in [3.8, 4) is 0 Å². The average molecular weight is 126 g/mol. The van der Waals surface area contributed by atoms with Gasteiger partial charge in [0, 0.05) is 0 Å². The summed E-state index contributed by atoms with van der Waals surface area (Å²) in [7, 11) is 0. The molecule has 0 bridgehead atoms. The fourth-order valence-corrected chi connectivity index (χ4v) is 0.498. The van der Waals surface area contributed by atoms with E-state index in [1.807, 2.05) is 0 Å². The minimum Gasteiger partial charge on any atom is -0.541 e. The van der Waals surface area contributed by atoms with E-state index in [0.29, 0.717) is 5.69 Å². The molecule has 0 fully saturated rings. The number of hydrogen-bond acceptors (Lipinski definition) is 4. The second-order valence-corrected chi connectivity index (χ2v) is 1.55. The maximum absolute atomic E-state index is 10.0. The highest BCUT2D eigenvalue weighted by Gasteiger charge is 2.01. The summed E-state index contributed by atoms with van der Waals surface area (Å²) in [5.74, 6) is -1.53. The monoisotopic (exact) mass is 126 g/mol. The zero-order valence-electron chi connectivity index (χ0n) is 4.75. The molecule has 48 valence electrons. The maximum Gasteiger partial charge on any atom is 0.181 e. The SMILES string of the molecule is Cc1ncoc1C(=O)[O-]. The first-order valence-electron chi connectivity index (χ1n) is 2.33. The van der Waals surface area contributed by atoms with Crippen LogP contribution in [0.3, 0.4) is 0 Å². The van der Waals surface area contributed by atoms with Crippen LogP contribution in [0.1, 0.15) is 16.2 Å². The van der Waals surface area contributed by atoms with Gasteiger partial charge in [0.15, 0.2) is 12.2 Å². The van der Waals surface area contributed by atoms with Crippen LogP contribution in [0.5, 0.6) is 0 Å². The normalized spacial score (nSPS) is 9.44. The lowest BCUT2D eigenvalue weighted by Crippen LogP contribution is -2.22. The predicted molar refractivity (Wildman–Crippen MR) is 25.6 cm³/mol. The Balaban J connectivity index is 3.08. The molecule has 0 saturated carbocycles. The Morgan fingerprint density at radius 3 is 2.78 bits per heavy atom. The molecular formula is C5H4NO3-. The largest absolute Gasteiger partial charge is 0.541 e. The Hall–Kier alpha value is -1.32. The van der Waals surface area contributed by atoms with E-state index >= 15 is 0 Å². The standard InChI is InChI=1S/C5H5NO3/c1-3-4(5(7)8)9-2-6-3/h2H,1H3,(H,7,8)/p-1. The number of oxazole rings is 1. The van der Waals surface area contributed by atoms with Gasteiger partial charge in [-0.3, -0.25) is 0 Å². The molecule has 1 aromatic rings. The van der Waals surface area contributed by atoms with Gasteiger partial charge in [0.1, 0.15) is 5.97 Å². The molecule has 1 rings (SSSR count). The zero-order valence-corrected chi connectivity index (χ0v) is 4.75. The fourth-order valence-electron chi connectivity index (χ4n) is 0.498. The second-order valence-electron chi connectivity index (χ2n) is 1.55. The first kappa shape index (κ1) is 5.81. The number of aromatic nitrogens is 1. The molecule has 0 spiro atoms. The summed E-state index contributed by atoms with van der Waals surface area (Å²) in [4.78, 5) is 13.6. The van der Waals surface area contributed by atoms with E-state index in [1.165, 1.54) is 6.92 Å². The van der Waals surface area contributed by atoms with Crippen LogP contribution >= 0.6 is 0 Å². The molecule has 4 heteroatoms. The van der Waals surface area contributed by atoms with Crippen LogP contribution in [0.25, 0.3) is 0 Å². The van der Waals surface area contributed by atoms with Gasteiger partial charge in [-0.25, -0.2) is 4.98 Å². The average Bonchev–Trinajstić information content (AvgIpc) is 2.13. The number of nitrogens with zero attached hydrogens (tertiary/aromatic N) is 1. The van der Waals surface area contributed by atoms with E-state index in [0.717, 1.165) is 6.39 Å². The van der Waals surface area contributed by atoms with Crippen LogP contribution in [-0.4, -0.2) is 11.0 Å². The molecule has 0 unspecified atom stereocenters. The molecule has 1 heterocycles. The Bertz CT molecular complexity index is 228. The molecule has 0 atom stereocenters. The number of carboxylic acid groups (broad SMARTS) is 1. The van der Waals surface area contributed by atoms with Crippen molar-refractivity contribution in [3.05, 3.63) is 17.8 Å². The minimum atomic E-state index is -1.33. The van der Waals surface area contributed by atoms with E-state index in [9.17, 15) is 9.90 Å². The third kappa shape index (κ3) is 0.910. The number of hydrogen-bond donors (Lipinski definition) is 0. The zero-order chi connectivity index (χ0) is 6.85. The number of carbonyl (C=O) groups is 1. The van der Waals surface area contributed by atoms with Crippen molar-refractivity contribution < 1.29 is 14.3 Å². The molecule has 0 aromatic carbocycles. The van der Waals surface area contributed by atoms with Crippen LogP contribution in [0, 0.1) is 6.92 Å². The molecule has 4 nitrogen and oxygen atoms in total. The van der Waals surface area contributed by atoms with Crippen LogP contribution in [0.4, 0.5) is 0 Å². The second kappa shape index (κ2) is 1.89. The highest BCUT2D eigenvalue weighted by atomic mass is 16.4. The van der Waals surface area contributed by atoms with E-state index < -0.39 is 5.97 Å². The maximum atomic E-state index is 10.0. The van der Waals surface area contributed by atoms with Gasteiger partial charge < -0.3 is 14.3 Å². The van der Waals surface area contributed by atoms with E-state index in [-0.39, 0.29) is 5.76 Å². The van der Waals surface area contributed by atoms with Crippen LogP contribution in [0.15, 0.2) is 10.8 Å². The summed E-state index contributed by atoms with van der Waals surface area (Å²) < 4.78 is 4.45. The number of carbonyl (C=O) groups excluding carboxylic acids is 1. The molecule has 1 aromatic heterocycles. The summed E-state index contributed by atoms with van der Waals surface area (Å²) in [5.41, 5.74) is 0.343. The van der Waals surface area contributed by atoms with Gasteiger partial charge in [0.25, 0.3) is 0 Å². The van der Waals surface area contributed by atoms with Gasteiger partial charge >= 0.3 is 0 Å². The van der Waals surface area contributed by atoms with Crippen molar-refractivity contribution in [2.75, 3.05) is 0 Å². The van der Waals surface area contributed by atoms with E-state index in [2.05, 4.69) is 9.40 Å². The lowest BCUT2D eigenvalue weighted by Gasteiger charge is -1.93. The molecule has 0 aliphatic carbocycles. The van der Waals surface area contributed by atoms with Gasteiger partial charge in [-0.1, -0.05) is 0 Å². The van der Waals surface area contributed by atoms with Gasteiger partial charge in [0.2, 0.25) is 0 Å². The number of rotatable bonds is 1. The Labute approximate surface area is 51.1 Å². The molecule has 0 saturated heterocycles. The summed E-state index contributed by atoms with van der Waals surface area (Å²) in [5, 5.41) is 10.0. The van der Waals surface area contributed by atoms with Crippen molar-refractivity contribution in [3.63, 3.8) is 0 Å². The number of aromatic carboxylic acids is 1. The van der Waals surface area contributed by atoms with Crippen LogP contribution in [0.2, 0.25) is 0 Å². The van der Waals surface area contributed by atoms with Crippen LogP contribution in [-0.2, 0) is 0 Å². The summed E-state index contributed by atoms with van der Waals surface area (Å²) >= 11 is 0. The third-order valence-electron chi connectivity index (χ3n) is 0.931. The van der Waals surface area contributed by atoms with Gasteiger partial charge in [-0.15, -0.1) is 0 Å². The van der Waals surface area contributed by atoms with Crippen molar-refractivity contribution in [1.29, 1.82) is 0 Å². The Kier molecular flexibility index (Phi) is 1.22. The highest BCUT2D eigenvalue weighted by molar-refractivity contribution is 5.83. The van der Waals surface area contributed by atoms with Crippen molar-refractivity contribution >= 4 is 5.97 Å². The fraction of sp³-hybridized carbons (Fsp3) is 0.200. The van der Waals surface area contributed by atoms with Crippen molar-refractivity contribution in [2.24, 2.45) is 0 Å². The summed E-state index contributed by atoms with van der Waals surface area (Å²) in [6, 6.07) is 0. The third-order valence-corrected chi connectivity index (χ3v) is 0.931. The predicted octanol–water partition coefficient (Wildman–Crippen LogP) is -0.653. The molecule has 0 radical (unpaired) electrons. The van der Waals surface area contributed by atoms with Crippen molar-refractivity contribution in [1.82, 2.24) is 4.98 Å². The number of aryl methyl sites for hydroxylation is 1. The van der Waals surface area contributed by atoms with Gasteiger partial charge in [-0.2, -0.15) is 0 Å². The highest BCUT2D eigenvalue weighted by Crippen LogP contribution is 2.01. The smallest absolute Gasteiger partial charge is 0.181 e. The molecule has 0 N–H and O–H groups in total. The Morgan fingerprint density at radius 2 is 2.56 bits per heavy atom. The Morgan fingerprint density at radius 1 is 1.89 bits per heavy atom. The first-order valence-corrected chi connectivity index (χ1v) is 2.33. The number of carboxylic acids is 1. The molecule has 0 aliphatic rings. The molecule has 0 amide bonds. The van der Waals surface area contributed by atoms with Crippen molar-refractivity contribution in [2.45, 2.75) is 6.92 Å². The van der Waals surface area contributed by atoms with Crippen LogP contribution < -0.4 is 5.11 Å². The molecular weight excluding hydrogens is 122 g/mol. The van der Waals surface area contributed by atoms with Gasteiger partial charge in [0.05, 0.1) is 5.69 Å². The molecule has 9 heavy (non-hydrogen) atoms. The summed E-state index contributed by atoms with van der Waals surface area (Å²) in [6.45, 7) is 1.54. The molecule has 0 aliphatic heterocycles. The van der Waals surface area contributed by atoms with E-state index in [4.69, 9.17) is 0 Å². The lowest BCUT2D eigenvalue weighted by molar-refractivity contribution is -0.257.